The van der Waals surface area contributed by atoms with Crippen LogP contribution in [0, 0.1) is 6.92 Å². The zero-order chi connectivity index (χ0) is 10.0. The highest BCUT2D eigenvalue weighted by Gasteiger charge is 2.13. The Morgan fingerprint density at radius 1 is 1.54 bits per heavy atom. The van der Waals surface area contributed by atoms with E-state index < -0.39 is 0 Å². The molecule has 0 aliphatic rings. The lowest BCUT2D eigenvalue weighted by Gasteiger charge is -2.06. The lowest BCUT2D eigenvalue weighted by molar-refractivity contribution is 0.102. The van der Waals surface area contributed by atoms with E-state index >= 15 is 0 Å². The molecule has 0 unspecified atom stereocenters. The maximum Gasteiger partial charge on any atom is 0.179 e. The molecule has 0 N–H and O–H groups in total. The van der Waals surface area contributed by atoms with Crippen molar-refractivity contribution in [2.75, 3.05) is 5.88 Å². The number of carbonyl (C=O) groups excluding carboxylic acids is 1. The van der Waals surface area contributed by atoms with E-state index in [1.54, 1.807) is 6.07 Å². The summed E-state index contributed by atoms with van der Waals surface area (Å²) >= 11 is 14.7. The third-order valence-electron chi connectivity index (χ3n) is 1.75. The molecule has 0 aromatic heterocycles. The van der Waals surface area contributed by atoms with Crippen LogP contribution < -0.4 is 0 Å². The van der Waals surface area contributed by atoms with Gasteiger partial charge in [-0.05, 0) is 24.6 Å². The fraction of sp³-hybridized carbons (Fsp3) is 0.222. The molecule has 0 amide bonds. The lowest BCUT2D eigenvalue weighted by Crippen LogP contribution is -2.04. The standard InChI is InChI=1S/C9H7BrCl2O/c1-5-6(10)2-3-7(12)9(5)8(13)4-11/h2-3H,4H2,1H3. The van der Waals surface area contributed by atoms with Crippen LogP contribution in [0.4, 0.5) is 0 Å². The zero-order valence-electron chi connectivity index (χ0n) is 6.90. The van der Waals surface area contributed by atoms with Gasteiger partial charge in [-0.2, -0.15) is 0 Å². The first-order valence-electron chi connectivity index (χ1n) is 3.61. The van der Waals surface area contributed by atoms with Gasteiger partial charge in [0, 0.05) is 10.0 Å². The van der Waals surface area contributed by atoms with Crippen molar-refractivity contribution in [3.8, 4) is 0 Å². The minimum atomic E-state index is -0.148. The summed E-state index contributed by atoms with van der Waals surface area (Å²) in [6, 6.07) is 3.49. The number of alkyl halides is 1. The number of carbonyl (C=O) groups is 1. The van der Waals surface area contributed by atoms with Crippen LogP contribution in [0.2, 0.25) is 5.02 Å². The molecule has 70 valence electrons. The highest BCUT2D eigenvalue weighted by Crippen LogP contribution is 2.27. The van der Waals surface area contributed by atoms with Crippen LogP contribution >= 0.6 is 39.1 Å². The molecule has 4 heteroatoms. The van der Waals surface area contributed by atoms with Gasteiger partial charge < -0.3 is 0 Å². The smallest absolute Gasteiger partial charge is 0.179 e. The summed E-state index contributed by atoms with van der Waals surface area (Å²) < 4.78 is 0.866. The molecule has 1 nitrogen and oxygen atoms in total. The first-order chi connectivity index (χ1) is 6.07. The monoisotopic (exact) mass is 280 g/mol. The third kappa shape index (κ3) is 2.25. The Morgan fingerprint density at radius 2 is 2.15 bits per heavy atom. The highest BCUT2D eigenvalue weighted by molar-refractivity contribution is 9.10. The van der Waals surface area contributed by atoms with E-state index in [4.69, 9.17) is 23.2 Å². The Kier molecular flexibility index (Phi) is 3.77. The normalized spacial score (nSPS) is 10.2. The first kappa shape index (κ1) is 11.0. The second-order valence-corrected chi connectivity index (χ2v) is 4.11. The average molecular weight is 282 g/mol. The lowest BCUT2D eigenvalue weighted by atomic mass is 10.1. The summed E-state index contributed by atoms with van der Waals surface area (Å²) in [7, 11) is 0. The van der Waals surface area contributed by atoms with E-state index in [1.165, 1.54) is 0 Å². The maximum atomic E-state index is 11.4. The van der Waals surface area contributed by atoms with Crippen molar-refractivity contribution >= 4 is 44.9 Å². The highest BCUT2D eigenvalue weighted by atomic mass is 79.9. The first-order valence-corrected chi connectivity index (χ1v) is 5.32. The number of ketones is 1. The number of halogens is 3. The molecule has 0 bridgehead atoms. The molecule has 0 atom stereocenters. The van der Waals surface area contributed by atoms with Crippen LogP contribution in [0.5, 0.6) is 0 Å². The van der Waals surface area contributed by atoms with E-state index in [0.29, 0.717) is 10.6 Å². The topological polar surface area (TPSA) is 17.1 Å². The molecular formula is C9H7BrCl2O. The maximum absolute atomic E-state index is 11.4. The molecular weight excluding hydrogens is 275 g/mol. The van der Waals surface area contributed by atoms with Gasteiger partial charge in [0.1, 0.15) is 0 Å². The molecule has 1 aromatic rings. The third-order valence-corrected chi connectivity index (χ3v) is 3.17. The summed E-state index contributed by atoms with van der Waals surface area (Å²) in [5, 5.41) is 0.450. The minimum Gasteiger partial charge on any atom is -0.293 e. The van der Waals surface area contributed by atoms with Crippen molar-refractivity contribution < 1.29 is 4.79 Å². The SMILES string of the molecule is Cc1c(Br)ccc(Cl)c1C(=O)CCl. The number of hydrogen-bond acceptors (Lipinski definition) is 1. The Balaban J connectivity index is 3.33. The van der Waals surface area contributed by atoms with Gasteiger partial charge in [-0.15, -0.1) is 11.6 Å². The predicted octanol–water partition coefficient (Wildman–Crippen LogP) is 3.83. The molecule has 0 spiro atoms. The van der Waals surface area contributed by atoms with Crippen molar-refractivity contribution in [3.63, 3.8) is 0 Å². The Labute approximate surface area is 95.2 Å². The second-order valence-electron chi connectivity index (χ2n) is 2.59. The Morgan fingerprint density at radius 3 is 2.69 bits per heavy atom. The molecule has 0 radical (unpaired) electrons. The molecule has 0 aliphatic carbocycles. The summed E-state index contributed by atoms with van der Waals surface area (Å²) in [5.74, 6) is -0.192. The quantitative estimate of drug-likeness (QED) is 0.595. The predicted molar refractivity (Wildman–Crippen MR) is 58.9 cm³/mol. The Bertz CT molecular complexity index is 350. The molecule has 13 heavy (non-hydrogen) atoms. The average Bonchev–Trinajstić information content (AvgIpc) is 2.12. The number of hydrogen-bond donors (Lipinski definition) is 0. The number of benzene rings is 1. The summed E-state index contributed by atoms with van der Waals surface area (Å²) in [6.07, 6.45) is 0. The van der Waals surface area contributed by atoms with Crippen LogP contribution in [0.25, 0.3) is 0 Å². The van der Waals surface area contributed by atoms with Gasteiger partial charge in [0.15, 0.2) is 5.78 Å². The zero-order valence-corrected chi connectivity index (χ0v) is 10.0. The van der Waals surface area contributed by atoms with Gasteiger partial charge in [0.05, 0.1) is 10.9 Å². The Hall–Kier alpha value is -0.0500. The van der Waals surface area contributed by atoms with Gasteiger partial charge in [-0.3, -0.25) is 4.79 Å². The summed E-state index contributed by atoms with van der Waals surface area (Å²) in [4.78, 5) is 11.4. The fourth-order valence-corrected chi connectivity index (χ4v) is 1.84. The van der Waals surface area contributed by atoms with Gasteiger partial charge >= 0.3 is 0 Å². The summed E-state index contributed by atoms with van der Waals surface area (Å²) in [5.41, 5.74) is 1.34. The van der Waals surface area contributed by atoms with E-state index in [2.05, 4.69) is 15.9 Å². The molecule has 0 heterocycles. The van der Waals surface area contributed by atoms with Gasteiger partial charge in [0.25, 0.3) is 0 Å². The van der Waals surface area contributed by atoms with E-state index in [0.717, 1.165) is 10.0 Å². The molecule has 0 saturated carbocycles. The van der Waals surface area contributed by atoms with E-state index in [-0.39, 0.29) is 11.7 Å². The van der Waals surface area contributed by atoms with Crippen molar-refractivity contribution in [1.29, 1.82) is 0 Å². The van der Waals surface area contributed by atoms with Crippen LogP contribution in [0.15, 0.2) is 16.6 Å². The van der Waals surface area contributed by atoms with Crippen molar-refractivity contribution in [2.45, 2.75) is 6.92 Å². The van der Waals surface area contributed by atoms with E-state index in [1.807, 2.05) is 13.0 Å². The minimum absolute atomic E-state index is 0.0446. The molecule has 1 aromatic carbocycles. The molecule has 0 fully saturated rings. The van der Waals surface area contributed by atoms with E-state index in [9.17, 15) is 4.79 Å². The van der Waals surface area contributed by atoms with Crippen molar-refractivity contribution in [2.24, 2.45) is 0 Å². The van der Waals surface area contributed by atoms with Crippen LogP contribution in [0.3, 0.4) is 0 Å². The van der Waals surface area contributed by atoms with Crippen LogP contribution in [-0.2, 0) is 0 Å². The van der Waals surface area contributed by atoms with Crippen LogP contribution in [-0.4, -0.2) is 11.7 Å². The van der Waals surface area contributed by atoms with Gasteiger partial charge in [0.2, 0.25) is 0 Å². The summed E-state index contributed by atoms with van der Waals surface area (Å²) in [6.45, 7) is 1.83. The second kappa shape index (κ2) is 4.45. The molecule has 0 aliphatic heterocycles. The van der Waals surface area contributed by atoms with Crippen molar-refractivity contribution in [1.82, 2.24) is 0 Å². The molecule has 0 saturated heterocycles. The number of Topliss-reactive ketones (excluding diaryl/α,β-unsaturated/α-hetero) is 1. The fourth-order valence-electron chi connectivity index (χ4n) is 1.06. The van der Waals surface area contributed by atoms with Crippen LogP contribution in [0.1, 0.15) is 15.9 Å². The largest absolute Gasteiger partial charge is 0.293 e. The number of rotatable bonds is 2. The molecule has 1 rings (SSSR count). The van der Waals surface area contributed by atoms with Gasteiger partial charge in [-0.25, -0.2) is 0 Å². The van der Waals surface area contributed by atoms with Crippen molar-refractivity contribution in [3.05, 3.63) is 32.8 Å². The van der Waals surface area contributed by atoms with Gasteiger partial charge in [-0.1, -0.05) is 27.5 Å².